The highest BCUT2D eigenvalue weighted by molar-refractivity contribution is 5.27. The van der Waals surface area contributed by atoms with E-state index >= 15 is 0 Å². The summed E-state index contributed by atoms with van der Waals surface area (Å²) in [6.07, 6.45) is 8.91. The summed E-state index contributed by atoms with van der Waals surface area (Å²) in [5.41, 5.74) is 2.60. The number of nitrogens with one attached hydrogen (secondary N) is 4. The first-order valence-electron chi connectivity index (χ1n) is 13.4. The number of benzene rings is 2. The third kappa shape index (κ3) is 14.8. The van der Waals surface area contributed by atoms with Gasteiger partial charge >= 0.3 is 0 Å². The van der Waals surface area contributed by atoms with Crippen molar-refractivity contribution in [2.24, 2.45) is 0 Å². The Hall–Kier alpha value is -2.12. The molecule has 0 saturated carbocycles. The van der Waals surface area contributed by atoms with Gasteiger partial charge in [0.15, 0.2) is 0 Å². The predicted molar refractivity (Wildman–Crippen MR) is 147 cm³/mol. The smallest absolute Gasteiger partial charge is 0.118 e. The van der Waals surface area contributed by atoms with Crippen molar-refractivity contribution in [1.29, 1.82) is 0 Å². The number of unbranched alkanes of at least 4 members (excludes halogenated alkanes) is 4. The highest BCUT2D eigenvalue weighted by Crippen LogP contribution is 2.11. The number of rotatable bonds is 22. The van der Waals surface area contributed by atoms with Crippen molar-refractivity contribution in [1.82, 2.24) is 21.3 Å². The van der Waals surface area contributed by atoms with E-state index in [-0.39, 0.29) is 0 Å². The summed E-state index contributed by atoms with van der Waals surface area (Å²) in [7, 11) is 3.40. The van der Waals surface area contributed by atoms with Crippen molar-refractivity contribution >= 4 is 0 Å². The van der Waals surface area contributed by atoms with E-state index in [9.17, 15) is 0 Å². The molecule has 0 unspecified atom stereocenters. The monoisotopic (exact) mass is 484 g/mol. The minimum Gasteiger partial charge on any atom is -0.497 e. The Kier molecular flexibility index (Phi) is 16.7. The molecule has 0 aliphatic heterocycles. The summed E-state index contributed by atoms with van der Waals surface area (Å²) in [5.74, 6) is 1.83. The van der Waals surface area contributed by atoms with Crippen LogP contribution in [0.5, 0.6) is 11.5 Å². The Labute approximate surface area is 213 Å². The summed E-state index contributed by atoms with van der Waals surface area (Å²) in [5, 5.41) is 14.1. The molecule has 6 nitrogen and oxygen atoms in total. The summed E-state index contributed by atoms with van der Waals surface area (Å²) in [4.78, 5) is 0. The van der Waals surface area contributed by atoms with E-state index in [1.807, 2.05) is 24.3 Å². The average Bonchev–Trinajstić information content (AvgIpc) is 2.90. The van der Waals surface area contributed by atoms with Crippen LogP contribution >= 0.6 is 0 Å². The lowest BCUT2D eigenvalue weighted by Crippen LogP contribution is -2.22. The van der Waals surface area contributed by atoms with Crippen molar-refractivity contribution < 1.29 is 9.47 Å². The van der Waals surface area contributed by atoms with Crippen LogP contribution in [0.2, 0.25) is 0 Å². The highest BCUT2D eigenvalue weighted by atomic mass is 16.5. The zero-order chi connectivity index (χ0) is 24.8. The molecule has 0 fully saturated rings. The standard InChI is InChI=1S/C29H48N4O2/c1-34-28-14-10-26(11-15-28)24-32-22-8-20-30-18-6-4-3-5-7-19-31-21-9-23-33-25-27-12-16-29(35-2)17-13-27/h10-17,30-33H,3-9,18-25H2,1-2H3. The summed E-state index contributed by atoms with van der Waals surface area (Å²) < 4.78 is 10.4. The molecule has 0 saturated heterocycles. The van der Waals surface area contributed by atoms with Gasteiger partial charge in [-0.05, 0) is 100 Å². The quantitative estimate of drug-likeness (QED) is 0.185. The van der Waals surface area contributed by atoms with Gasteiger partial charge in [-0.3, -0.25) is 0 Å². The van der Waals surface area contributed by atoms with E-state index < -0.39 is 0 Å². The molecule has 0 spiro atoms. The van der Waals surface area contributed by atoms with Gasteiger partial charge in [-0.25, -0.2) is 0 Å². The van der Waals surface area contributed by atoms with Gasteiger partial charge in [-0.2, -0.15) is 0 Å². The molecule has 6 heteroatoms. The van der Waals surface area contributed by atoms with Crippen LogP contribution in [0, 0.1) is 0 Å². The van der Waals surface area contributed by atoms with E-state index in [1.165, 1.54) is 56.1 Å². The molecule has 0 bridgehead atoms. The lowest BCUT2D eigenvalue weighted by molar-refractivity contribution is 0.414. The Balaban J connectivity index is 1.25. The second-order valence-electron chi connectivity index (χ2n) is 9.02. The molecule has 0 radical (unpaired) electrons. The van der Waals surface area contributed by atoms with Crippen molar-refractivity contribution in [3.05, 3.63) is 59.7 Å². The van der Waals surface area contributed by atoms with Gasteiger partial charge in [0, 0.05) is 13.1 Å². The molecule has 0 amide bonds. The van der Waals surface area contributed by atoms with Gasteiger partial charge in [-0.15, -0.1) is 0 Å². The van der Waals surface area contributed by atoms with Crippen LogP contribution in [0.15, 0.2) is 48.5 Å². The maximum Gasteiger partial charge on any atom is 0.118 e. The topological polar surface area (TPSA) is 66.6 Å². The summed E-state index contributed by atoms with van der Waals surface area (Å²) >= 11 is 0. The van der Waals surface area contributed by atoms with Crippen molar-refractivity contribution in [2.75, 3.05) is 53.5 Å². The summed E-state index contributed by atoms with van der Waals surface area (Å²) in [6.45, 7) is 8.39. The minimum atomic E-state index is 0.913. The van der Waals surface area contributed by atoms with E-state index in [2.05, 4.69) is 45.5 Å². The Morgan fingerprint density at radius 1 is 0.429 bits per heavy atom. The second kappa shape index (κ2) is 20.1. The molecule has 196 valence electrons. The van der Waals surface area contributed by atoms with Crippen LogP contribution in [0.3, 0.4) is 0 Å². The van der Waals surface area contributed by atoms with Gasteiger partial charge in [0.2, 0.25) is 0 Å². The second-order valence-corrected chi connectivity index (χ2v) is 9.02. The zero-order valence-electron chi connectivity index (χ0n) is 22.0. The maximum absolute atomic E-state index is 5.19. The summed E-state index contributed by atoms with van der Waals surface area (Å²) in [6, 6.07) is 16.5. The van der Waals surface area contributed by atoms with Crippen LogP contribution in [0.25, 0.3) is 0 Å². The van der Waals surface area contributed by atoms with E-state index in [1.54, 1.807) is 14.2 Å². The lowest BCUT2D eigenvalue weighted by atomic mass is 10.1. The fourth-order valence-corrected chi connectivity index (χ4v) is 3.91. The minimum absolute atomic E-state index is 0.913. The molecule has 2 rings (SSSR count). The van der Waals surface area contributed by atoms with Crippen LogP contribution < -0.4 is 30.7 Å². The Morgan fingerprint density at radius 2 is 0.771 bits per heavy atom. The molecule has 0 aromatic heterocycles. The van der Waals surface area contributed by atoms with Gasteiger partial charge in [0.05, 0.1) is 14.2 Å². The first-order valence-corrected chi connectivity index (χ1v) is 13.4. The van der Waals surface area contributed by atoms with Crippen molar-refractivity contribution in [3.8, 4) is 11.5 Å². The van der Waals surface area contributed by atoms with E-state index in [4.69, 9.17) is 9.47 Å². The maximum atomic E-state index is 5.19. The normalized spacial score (nSPS) is 11.0. The largest absolute Gasteiger partial charge is 0.497 e. The van der Waals surface area contributed by atoms with Gasteiger partial charge < -0.3 is 30.7 Å². The Morgan fingerprint density at radius 3 is 1.17 bits per heavy atom. The van der Waals surface area contributed by atoms with Crippen molar-refractivity contribution in [2.45, 2.75) is 58.0 Å². The van der Waals surface area contributed by atoms with Gasteiger partial charge in [0.25, 0.3) is 0 Å². The lowest BCUT2D eigenvalue weighted by Gasteiger charge is -2.08. The van der Waals surface area contributed by atoms with E-state index in [0.29, 0.717) is 0 Å². The van der Waals surface area contributed by atoms with Gasteiger partial charge in [-0.1, -0.05) is 43.5 Å². The first-order chi connectivity index (χ1) is 17.3. The average molecular weight is 485 g/mol. The number of ether oxygens (including phenoxy) is 2. The zero-order valence-corrected chi connectivity index (χ0v) is 22.0. The molecular weight excluding hydrogens is 436 g/mol. The van der Waals surface area contributed by atoms with Gasteiger partial charge in [0.1, 0.15) is 11.5 Å². The molecule has 0 heterocycles. The predicted octanol–water partition coefficient (Wildman–Crippen LogP) is 4.49. The highest BCUT2D eigenvalue weighted by Gasteiger charge is 1.97. The SMILES string of the molecule is COc1ccc(CNCCCNCCCCCCCNCCCNCc2ccc(OC)cc2)cc1. The van der Waals surface area contributed by atoms with Crippen LogP contribution in [-0.2, 0) is 13.1 Å². The number of methoxy groups -OCH3 is 2. The van der Waals surface area contributed by atoms with E-state index in [0.717, 1.165) is 63.9 Å². The molecule has 0 aliphatic carbocycles. The Bertz CT molecular complexity index is 674. The third-order valence-electron chi connectivity index (χ3n) is 6.10. The molecular formula is C29H48N4O2. The molecule has 35 heavy (non-hydrogen) atoms. The number of hydrogen-bond acceptors (Lipinski definition) is 6. The molecule has 2 aromatic carbocycles. The number of hydrogen-bond donors (Lipinski definition) is 4. The fourth-order valence-electron chi connectivity index (χ4n) is 3.91. The van der Waals surface area contributed by atoms with Crippen LogP contribution in [0.1, 0.15) is 56.1 Å². The molecule has 0 aliphatic rings. The first kappa shape index (κ1) is 29.1. The third-order valence-corrected chi connectivity index (χ3v) is 6.10. The molecule has 2 aromatic rings. The van der Waals surface area contributed by atoms with Crippen molar-refractivity contribution in [3.63, 3.8) is 0 Å². The van der Waals surface area contributed by atoms with Crippen LogP contribution in [0.4, 0.5) is 0 Å². The molecule has 0 atom stereocenters. The fraction of sp³-hybridized carbons (Fsp3) is 0.586. The van der Waals surface area contributed by atoms with Crippen LogP contribution in [-0.4, -0.2) is 53.5 Å². The molecule has 4 N–H and O–H groups in total.